The number of hydrogen-bond donors (Lipinski definition) is 2. The van der Waals surface area contributed by atoms with Gasteiger partial charge >= 0.3 is 0 Å². The van der Waals surface area contributed by atoms with E-state index in [2.05, 4.69) is 5.32 Å². The summed E-state index contributed by atoms with van der Waals surface area (Å²) in [6, 6.07) is 0. The topological polar surface area (TPSA) is 73.6 Å². The van der Waals surface area contributed by atoms with E-state index in [0.29, 0.717) is 30.1 Å². The molecule has 1 unspecified atom stereocenters. The fraction of sp³-hybridized carbons (Fsp3) is 0.615. The number of ketones is 1. The van der Waals surface area contributed by atoms with Crippen molar-refractivity contribution in [3.05, 3.63) is 4.88 Å². The Bertz CT molecular complexity index is 449. The first-order valence-electron chi connectivity index (χ1n) is 6.34. The van der Waals surface area contributed by atoms with Gasteiger partial charge in [-0.2, -0.15) is 0 Å². The minimum Gasteiger partial charge on any atom is -0.396 e. The average Bonchev–Trinajstić information content (AvgIpc) is 2.78. The van der Waals surface area contributed by atoms with Crippen molar-refractivity contribution in [2.45, 2.75) is 24.3 Å². The smallest absolute Gasteiger partial charge is 0.174 e. The molecule has 1 aromatic heterocycles. The fourth-order valence-electron chi connectivity index (χ4n) is 1.72. The van der Waals surface area contributed by atoms with Crippen LogP contribution in [-0.4, -0.2) is 45.5 Å². The molecule has 0 aliphatic heterocycles. The first-order chi connectivity index (χ1) is 9.58. The number of rotatable bonds is 9. The molecule has 0 fully saturated rings. The van der Waals surface area contributed by atoms with Crippen molar-refractivity contribution in [1.82, 2.24) is 0 Å². The highest BCUT2D eigenvalue weighted by Gasteiger charge is 2.20. The van der Waals surface area contributed by atoms with Gasteiger partial charge in [0.15, 0.2) is 5.78 Å². The zero-order valence-electron chi connectivity index (χ0n) is 12.3. The van der Waals surface area contributed by atoms with Crippen LogP contribution in [0.4, 0.5) is 10.7 Å². The first-order valence-corrected chi connectivity index (χ1v) is 8.38. The van der Waals surface area contributed by atoms with Crippen LogP contribution in [0.3, 0.4) is 0 Å². The molecule has 5 nitrogen and oxygen atoms in total. The summed E-state index contributed by atoms with van der Waals surface area (Å²) in [6.45, 7) is 2.96. The average molecular weight is 318 g/mol. The number of carbonyl (C=O) groups excluding carboxylic acids is 1. The van der Waals surface area contributed by atoms with Gasteiger partial charge in [0.1, 0.15) is 5.00 Å². The predicted molar refractivity (Wildman–Crippen MR) is 86.3 cm³/mol. The molecular formula is C13H22N2O3S2. The lowest BCUT2D eigenvalue weighted by Crippen LogP contribution is -2.26. The molecule has 0 spiro atoms. The largest absolute Gasteiger partial charge is 0.396 e. The number of methoxy groups -OCH3 is 2. The third-order valence-electron chi connectivity index (χ3n) is 2.85. The number of carbonyl (C=O) groups is 1. The Morgan fingerprint density at radius 1 is 1.50 bits per heavy atom. The van der Waals surface area contributed by atoms with Crippen molar-refractivity contribution in [2.75, 3.05) is 44.7 Å². The van der Waals surface area contributed by atoms with Crippen LogP contribution in [0.1, 0.15) is 23.0 Å². The minimum atomic E-state index is -0.0386. The second-order valence-electron chi connectivity index (χ2n) is 4.18. The number of anilines is 2. The molecule has 0 bridgehead atoms. The van der Waals surface area contributed by atoms with Crippen molar-refractivity contribution < 1.29 is 14.3 Å². The van der Waals surface area contributed by atoms with E-state index >= 15 is 0 Å². The Balaban J connectivity index is 2.86. The van der Waals surface area contributed by atoms with Crippen molar-refractivity contribution in [3.8, 4) is 0 Å². The molecule has 1 rings (SSSR count). The van der Waals surface area contributed by atoms with Gasteiger partial charge in [-0.15, -0.1) is 23.1 Å². The number of ether oxygens (including phenoxy) is 2. The van der Waals surface area contributed by atoms with Crippen molar-refractivity contribution >= 4 is 39.6 Å². The number of nitrogen functional groups attached to an aromatic ring is 1. The second kappa shape index (κ2) is 8.51. The van der Waals surface area contributed by atoms with Crippen molar-refractivity contribution in [2.24, 2.45) is 0 Å². The molecule has 0 aliphatic carbocycles. The highest BCUT2D eigenvalue weighted by atomic mass is 32.2. The molecule has 7 heteroatoms. The highest BCUT2D eigenvalue weighted by Crippen LogP contribution is 2.42. The summed E-state index contributed by atoms with van der Waals surface area (Å²) < 4.78 is 10.4. The van der Waals surface area contributed by atoms with Crippen LogP contribution in [-0.2, 0) is 9.47 Å². The lowest BCUT2D eigenvalue weighted by Gasteiger charge is -2.15. The molecule has 1 heterocycles. The van der Waals surface area contributed by atoms with Gasteiger partial charge in [-0.25, -0.2) is 0 Å². The number of hydrogen-bond acceptors (Lipinski definition) is 7. The Hall–Kier alpha value is -0.760. The van der Waals surface area contributed by atoms with E-state index in [-0.39, 0.29) is 11.9 Å². The van der Waals surface area contributed by atoms with Gasteiger partial charge in [0.25, 0.3) is 0 Å². The third-order valence-corrected chi connectivity index (χ3v) is 5.02. The quantitative estimate of drug-likeness (QED) is 0.539. The monoisotopic (exact) mass is 318 g/mol. The lowest BCUT2D eigenvalue weighted by molar-refractivity contribution is 0.0366. The van der Waals surface area contributed by atoms with Gasteiger partial charge in [0.05, 0.1) is 28.2 Å². The molecule has 0 saturated carbocycles. The minimum absolute atomic E-state index is 0.0386. The normalized spacial score (nSPS) is 12.4. The molecule has 1 atom stereocenters. The molecule has 114 valence electrons. The van der Waals surface area contributed by atoms with Crippen molar-refractivity contribution in [1.29, 1.82) is 0 Å². The van der Waals surface area contributed by atoms with Gasteiger partial charge in [-0.05, 0) is 6.26 Å². The molecule has 1 aromatic rings. The Kier molecular flexibility index (Phi) is 7.36. The third kappa shape index (κ3) is 4.12. The Morgan fingerprint density at radius 3 is 2.70 bits per heavy atom. The summed E-state index contributed by atoms with van der Waals surface area (Å²) in [5, 5.41) is 4.22. The molecule has 20 heavy (non-hydrogen) atoms. The summed E-state index contributed by atoms with van der Waals surface area (Å²) in [5.41, 5.74) is 6.64. The van der Waals surface area contributed by atoms with E-state index in [4.69, 9.17) is 15.2 Å². The zero-order chi connectivity index (χ0) is 15.1. The lowest BCUT2D eigenvalue weighted by atomic mass is 10.2. The number of nitrogens with one attached hydrogen (secondary N) is 1. The van der Waals surface area contributed by atoms with Gasteiger partial charge in [-0.1, -0.05) is 6.92 Å². The van der Waals surface area contributed by atoms with Gasteiger partial charge < -0.3 is 20.5 Å². The molecule has 0 aliphatic rings. The van der Waals surface area contributed by atoms with Crippen LogP contribution in [0.25, 0.3) is 0 Å². The van der Waals surface area contributed by atoms with Gasteiger partial charge in [0, 0.05) is 27.2 Å². The van der Waals surface area contributed by atoms with Crippen LogP contribution >= 0.6 is 23.1 Å². The highest BCUT2D eigenvalue weighted by molar-refractivity contribution is 7.99. The summed E-state index contributed by atoms with van der Waals surface area (Å²) in [6.07, 6.45) is 2.37. The molecule has 3 N–H and O–H groups in total. The van der Waals surface area contributed by atoms with Crippen LogP contribution < -0.4 is 11.1 Å². The van der Waals surface area contributed by atoms with E-state index in [9.17, 15) is 4.79 Å². The predicted octanol–water partition coefficient (Wildman–Crippen LogP) is 2.72. The van der Waals surface area contributed by atoms with E-state index < -0.39 is 0 Å². The summed E-state index contributed by atoms with van der Waals surface area (Å²) >= 11 is 2.95. The first kappa shape index (κ1) is 17.3. The fourth-order valence-corrected chi connectivity index (χ4v) is 3.77. The van der Waals surface area contributed by atoms with E-state index in [0.717, 1.165) is 9.90 Å². The number of nitrogens with two attached hydrogens (primary N) is 1. The zero-order valence-corrected chi connectivity index (χ0v) is 14.0. The molecule has 0 radical (unpaired) electrons. The molecule has 0 saturated heterocycles. The van der Waals surface area contributed by atoms with Crippen LogP contribution in [0.5, 0.6) is 0 Å². The second-order valence-corrected chi connectivity index (χ2v) is 6.02. The summed E-state index contributed by atoms with van der Waals surface area (Å²) in [7, 11) is 3.29. The van der Waals surface area contributed by atoms with Crippen LogP contribution in [0, 0.1) is 0 Å². The summed E-state index contributed by atoms with van der Waals surface area (Å²) in [5.74, 6) is 0.0797. The maximum absolute atomic E-state index is 11.9. The van der Waals surface area contributed by atoms with E-state index in [1.165, 1.54) is 11.3 Å². The van der Waals surface area contributed by atoms with E-state index in [1.54, 1.807) is 26.0 Å². The van der Waals surface area contributed by atoms with Gasteiger partial charge in [-0.3, -0.25) is 4.79 Å². The SMILES string of the molecule is CCC(=O)c1sc(NCC(COC)OC)c(SC)c1N. The molecule has 0 aromatic carbocycles. The Labute approximate surface area is 128 Å². The standard InChI is InChI=1S/C13H22N2O3S2/c1-5-9(16)11-10(14)12(19-4)13(20-11)15-6-8(18-3)7-17-2/h8,15H,5-7,14H2,1-4H3. The maximum atomic E-state index is 11.9. The van der Waals surface area contributed by atoms with Crippen LogP contribution in [0.15, 0.2) is 4.90 Å². The molecule has 0 amide bonds. The van der Waals surface area contributed by atoms with Crippen molar-refractivity contribution in [3.63, 3.8) is 0 Å². The summed E-state index contributed by atoms with van der Waals surface area (Å²) in [4.78, 5) is 13.4. The van der Waals surface area contributed by atoms with Crippen LogP contribution in [0.2, 0.25) is 0 Å². The Morgan fingerprint density at radius 2 is 2.20 bits per heavy atom. The molecular weight excluding hydrogens is 296 g/mol. The maximum Gasteiger partial charge on any atom is 0.174 e. The van der Waals surface area contributed by atoms with Gasteiger partial charge in [0.2, 0.25) is 0 Å². The number of thioether (sulfide) groups is 1. The number of thiophene rings is 1. The number of Topliss-reactive ketones (excluding diaryl/α,β-unsaturated/α-hetero) is 1. The van der Waals surface area contributed by atoms with E-state index in [1.807, 2.05) is 13.2 Å².